The molecule has 0 saturated heterocycles. The molecule has 0 radical (unpaired) electrons. The van der Waals surface area contributed by atoms with Gasteiger partial charge in [0.15, 0.2) is 0 Å². The molecule has 2 N–H and O–H groups in total. The zero-order valence-electron chi connectivity index (χ0n) is 8.30. The highest BCUT2D eigenvalue weighted by atomic mass is 79.9. The largest absolute Gasteiger partial charge is 0.326 e. The zero-order chi connectivity index (χ0) is 9.97. The molecule has 1 nitrogen and oxygen atoms in total. The summed E-state index contributed by atoms with van der Waals surface area (Å²) in [6.45, 7) is 0.629. The van der Waals surface area contributed by atoms with Crippen LogP contribution in [-0.2, 0) is 6.54 Å². The third-order valence-corrected chi connectivity index (χ3v) is 3.78. The molecule has 1 aliphatic carbocycles. The van der Waals surface area contributed by atoms with Crippen molar-refractivity contribution in [2.45, 2.75) is 38.1 Å². The fourth-order valence-electron chi connectivity index (χ4n) is 2.27. The predicted octanol–water partition coefficient (Wildman–Crippen LogP) is 3.57. The van der Waals surface area contributed by atoms with E-state index in [0.717, 1.165) is 5.92 Å². The predicted molar refractivity (Wildman–Crippen MR) is 63.2 cm³/mol. The van der Waals surface area contributed by atoms with Crippen molar-refractivity contribution in [1.29, 1.82) is 0 Å². The molecule has 0 aromatic heterocycles. The Morgan fingerprint density at radius 3 is 2.57 bits per heavy atom. The molecular formula is C12H16BrN. The Hall–Kier alpha value is -0.340. The highest BCUT2D eigenvalue weighted by Crippen LogP contribution is 2.37. The summed E-state index contributed by atoms with van der Waals surface area (Å²) in [5.74, 6) is 0.774. The maximum Gasteiger partial charge on any atom is 0.0213 e. The van der Waals surface area contributed by atoms with Crippen LogP contribution in [0.15, 0.2) is 22.7 Å². The van der Waals surface area contributed by atoms with E-state index < -0.39 is 0 Å². The molecule has 1 aliphatic rings. The lowest BCUT2D eigenvalue weighted by Crippen LogP contribution is -1.99. The van der Waals surface area contributed by atoms with Crippen LogP contribution in [0, 0.1) is 0 Å². The number of rotatable bonds is 2. The highest BCUT2D eigenvalue weighted by molar-refractivity contribution is 9.10. The van der Waals surface area contributed by atoms with Crippen LogP contribution in [0.25, 0.3) is 0 Å². The van der Waals surface area contributed by atoms with Gasteiger partial charge in [0.25, 0.3) is 0 Å². The summed E-state index contributed by atoms with van der Waals surface area (Å²) in [6, 6.07) is 6.55. The van der Waals surface area contributed by atoms with Gasteiger partial charge in [-0.3, -0.25) is 0 Å². The molecule has 0 heterocycles. The first-order valence-corrected chi connectivity index (χ1v) is 6.09. The summed E-state index contributed by atoms with van der Waals surface area (Å²) < 4.78 is 1.24. The van der Waals surface area contributed by atoms with E-state index in [9.17, 15) is 0 Å². The molecule has 14 heavy (non-hydrogen) atoms. The quantitative estimate of drug-likeness (QED) is 0.857. The highest BCUT2D eigenvalue weighted by Gasteiger charge is 2.18. The van der Waals surface area contributed by atoms with E-state index in [-0.39, 0.29) is 0 Å². The number of hydrogen-bond acceptors (Lipinski definition) is 1. The normalized spacial score (nSPS) is 17.6. The monoisotopic (exact) mass is 253 g/mol. The topological polar surface area (TPSA) is 26.0 Å². The van der Waals surface area contributed by atoms with Gasteiger partial charge in [-0.2, -0.15) is 0 Å². The van der Waals surface area contributed by atoms with E-state index >= 15 is 0 Å². The molecule has 0 aliphatic heterocycles. The number of hydrogen-bond donors (Lipinski definition) is 1. The molecule has 76 valence electrons. The first-order valence-electron chi connectivity index (χ1n) is 5.29. The fourth-order valence-corrected chi connectivity index (χ4v) is 3.02. The Balaban J connectivity index is 2.25. The summed E-state index contributed by atoms with van der Waals surface area (Å²) in [5.41, 5.74) is 8.28. The molecule has 2 rings (SSSR count). The van der Waals surface area contributed by atoms with Crippen molar-refractivity contribution in [3.8, 4) is 0 Å². The number of halogens is 1. The SMILES string of the molecule is NCc1ccc(C2CCCC2)c(Br)c1. The molecule has 0 bridgehead atoms. The van der Waals surface area contributed by atoms with Gasteiger partial charge in [-0.05, 0) is 36.0 Å². The fraction of sp³-hybridized carbons (Fsp3) is 0.500. The lowest BCUT2D eigenvalue weighted by molar-refractivity contribution is 0.719. The van der Waals surface area contributed by atoms with Gasteiger partial charge < -0.3 is 5.73 Å². The summed E-state index contributed by atoms with van der Waals surface area (Å²) in [6.07, 6.45) is 5.46. The van der Waals surface area contributed by atoms with Crippen LogP contribution in [0.4, 0.5) is 0 Å². The van der Waals surface area contributed by atoms with Crippen molar-refractivity contribution in [3.05, 3.63) is 33.8 Å². The summed E-state index contributed by atoms with van der Waals surface area (Å²) in [5, 5.41) is 0. The van der Waals surface area contributed by atoms with Crippen molar-refractivity contribution < 1.29 is 0 Å². The Kier molecular flexibility index (Phi) is 3.24. The van der Waals surface area contributed by atoms with Gasteiger partial charge in [0.05, 0.1) is 0 Å². The molecule has 1 fully saturated rings. The minimum atomic E-state index is 0.629. The Morgan fingerprint density at radius 2 is 2.00 bits per heavy atom. The summed E-state index contributed by atoms with van der Waals surface area (Å²) >= 11 is 3.64. The molecule has 0 unspecified atom stereocenters. The molecule has 0 spiro atoms. The van der Waals surface area contributed by atoms with Crippen LogP contribution in [0.1, 0.15) is 42.7 Å². The van der Waals surface area contributed by atoms with E-state index in [1.165, 1.54) is 41.3 Å². The smallest absolute Gasteiger partial charge is 0.0213 e. The Labute approximate surface area is 93.8 Å². The molecule has 0 amide bonds. The van der Waals surface area contributed by atoms with Gasteiger partial charge in [0.2, 0.25) is 0 Å². The van der Waals surface area contributed by atoms with Gasteiger partial charge in [-0.25, -0.2) is 0 Å². The van der Waals surface area contributed by atoms with Crippen molar-refractivity contribution >= 4 is 15.9 Å². The second-order valence-electron chi connectivity index (χ2n) is 4.04. The molecule has 2 heteroatoms. The van der Waals surface area contributed by atoms with E-state index in [1.807, 2.05) is 0 Å². The number of nitrogens with two attached hydrogens (primary N) is 1. The van der Waals surface area contributed by atoms with Gasteiger partial charge in [0, 0.05) is 11.0 Å². The molecular weight excluding hydrogens is 238 g/mol. The lowest BCUT2D eigenvalue weighted by atomic mass is 9.97. The van der Waals surface area contributed by atoms with Crippen molar-refractivity contribution in [3.63, 3.8) is 0 Å². The maximum absolute atomic E-state index is 5.60. The third-order valence-electron chi connectivity index (χ3n) is 3.10. The van der Waals surface area contributed by atoms with E-state index in [4.69, 9.17) is 5.73 Å². The molecule has 0 atom stereocenters. The third kappa shape index (κ3) is 2.01. The average Bonchev–Trinajstić information content (AvgIpc) is 2.70. The van der Waals surface area contributed by atoms with Gasteiger partial charge >= 0.3 is 0 Å². The Morgan fingerprint density at radius 1 is 1.29 bits per heavy atom. The van der Waals surface area contributed by atoms with Gasteiger partial charge in [-0.1, -0.05) is 40.9 Å². The average molecular weight is 254 g/mol. The maximum atomic E-state index is 5.60. The second-order valence-corrected chi connectivity index (χ2v) is 4.90. The second kappa shape index (κ2) is 4.45. The van der Waals surface area contributed by atoms with Crippen LogP contribution >= 0.6 is 15.9 Å². The standard InChI is InChI=1S/C12H16BrN/c13-12-7-9(8-14)5-6-11(12)10-3-1-2-4-10/h5-7,10H,1-4,8,14H2. The van der Waals surface area contributed by atoms with E-state index in [0.29, 0.717) is 6.54 Å². The van der Waals surface area contributed by atoms with Crippen molar-refractivity contribution in [1.82, 2.24) is 0 Å². The van der Waals surface area contributed by atoms with Crippen molar-refractivity contribution in [2.24, 2.45) is 5.73 Å². The van der Waals surface area contributed by atoms with E-state index in [1.54, 1.807) is 0 Å². The van der Waals surface area contributed by atoms with Crippen LogP contribution < -0.4 is 5.73 Å². The van der Waals surface area contributed by atoms with E-state index in [2.05, 4.69) is 34.1 Å². The van der Waals surface area contributed by atoms with Crippen molar-refractivity contribution in [2.75, 3.05) is 0 Å². The minimum absolute atomic E-state index is 0.629. The molecule has 1 aromatic rings. The van der Waals surface area contributed by atoms with Gasteiger partial charge in [0.1, 0.15) is 0 Å². The molecule has 1 aromatic carbocycles. The van der Waals surface area contributed by atoms with Crippen LogP contribution in [0.2, 0.25) is 0 Å². The Bertz CT molecular complexity index is 316. The summed E-state index contributed by atoms with van der Waals surface area (Å²) in [7, 11) is 0. The lowest BCUT2D eigenvalue weighted by Gasteiger charge is -2.12. The van der Waals surface area contributed by atoms with Gasteiger partial charge in [-0.15, -0.1) is 0 Å². The minimum Gasteiger partial charge on any atom is -0.326 e. The van der Waals surface area contributed by atoms with Crippen LogP contribution in [0.3, 0.4) is 0 Å². The van der Waals surface area contributed by atoms with Crippen LogP contribution in [0.5, 0.6) is 0 Å². The zero-order valence-corrected chi connectivity index (χ0v) is 9.89. The summed E-state index contributed by atoms with van der Waals surface area (Å²) in [4.78, 5) is 0. The molecule has 1 saturated carbocycles. The van der Waals surface area contributed by atoms with Crippen LogP contribution in [-0.4, -0.2) is 0 Å². The first-order chi connectivity index (χ1) is 6.81. The number of benzene rings is 1. The first kappa shape index (κ1) is 10.2.